The van der Waals surface area contributed by atoms with Crippen molar-refractivity contribution in [3.05, 3.63) is 0 Å². The molecule has 1 amide bonds. The number of amides is 1. The topological polar surface area (TPSA) is 46.3 Å². The van der Waals surface area contributed by atoms with Crippen LogP contribution >= 0.6 is 0 Å². The summed E-state index contributed by atoms with van der Waals surface area (Å²) in [5.74, 6) is 0.262. The third kappa shape index (κ3) is 1.78. The van der Waals surface area contributed by atoms with Crippen LogP contribution in [0.5, 0.6) is 0 Å². The van der Waals surface area contributed by atoms with E-state index in [1.165, 1.54) is 0 Å². The van der Waals surface area contributed by atoms with Crippen LogP contribution in [0.1, 0.15) is 33.1 Å². The standard InChI is InChI=1S/C9H18N2O/c1-3-4-9(12)11-6-5-8(10)7(11)2/h7-8H,3-6,10H2,1-2H3. The van der Waals surface area contributed by atoms with Crippen LogP contribution in [-0.2, 0) is 4.79 Å². The highest BCUT2D eigenvalue weighted by molar-refractivity contribution is 5.76. The molecule has 0 saturated carbocycles. The molecule has 0 spiro atoms. The molecule has 1 aliphatic rings. The molecule has 3 heteroatoms. The average molecular weight is 170 g/mol. The number of hydrogen-bond acceptors (Lipinski definition) is 2. The van der Waals surface area contributed by atoms with Crippen molar-refractivity contribution in [3.63, 3.8) is 0 Å². The zero-order valence-electron chi connectivity index (χ0n) is 7.92. The molecule has 3 nitrogen and oxygen atoms in total. The zero-order valence-corrected chi connectivity index (χ0v) is 7.92. The van der Waals surface area contributed by atoms with E-state index in [0.717, 1.165) is 19.4 Å². The van der Waals surface area contributed by atoms with Gasteiger partial charge in [-0.15, -0.1) is 0 Å². The summed E-state index contributed by atoms with van der Waals surface area (Å²) in [6.45, 7) is 4.91. The molecule has 1 aliphatic heterocycles. The number of nitrogens with two attached hydrogens (primary N) is 1. The van der Waals surface area contributed by atoms with Crippen LogP contribution in [-0.4, -0.2) is 29.4 Å². The molecule has 12 heavy (non-hydrogen) atoms. The van der Waals surface area contributed by atoms with Crippen LogP contribution in [0.2, 0.25) is 0 Å². The molecule has 1 heterocycles. The van der Waals surface area contributed by atoms with E-state index in [2.05, 4.69) is 0 Å². The van der Waals surface area contributed by atoms with E-state index < -0.39 is 0 Å². The fourth-order valence-electron chi connectivity index (χ4n) is 1.67. The second kappa shape index (κ2) is 3.90. The molecule has 0 bridgehead atoms. The summed E-state index contributed by atoms with van der Waals surface area (Å²) in [7, 11) is 0. The highest BCUT2D eigenvalue weighted by atomic mass is 16.2. The van der Waals surface area contributed by atoms with Gasteiger partial charge in [0.1, 0.15) is 0 Å². The normalized spacial score (nSPS) is 29.4. The van der Waals surface area contributed by atoms with E-state index in [1.807, 2.05) is 18.7 Å². The third-order valence-electron chi connectivity index (χ3n) is 2.60. The molecular weight excluding hydrogens is 152 g/mol. The summed E-state index contributed by atoms with van der Waals surface area (Å²) in [6.07, 6.45) is 2.55. The lowest BCUT2D eigenvalue weighted by Crippen LogP contribution is -2.40. The van der Waals surface area contributed by atoms with Gasteiger partial charge in [0.05, 0.1) is 0 Å². The minimum atomic E-state index is 0.186. The highest BCUT2D eigenvalue weighted by Crippen LogP contribution is 2.16. The summed E-state index contributed by atoms with van der Waals surface area (Å²) in [5.41, 5.74) is 5.81. The minimum absolute atomic E-state index is 0.186. The van der Waals surface area contributed by atoms with Crippen LogP contribution in [0.4, 0.5) is 0 Å². The molecule has 2 atom stereocenters. The van der Waals surface area contributed by atoms with E-state index in [1.54, 1.807) is 0 Å². The second-order valence-electron chi connectivity index (χ2n) is 3.53. The van der Waals surface area contributed by atoms with Crippen molar-refractivity contribution in [1.29, 1.82) is 0 Å². The quantitative estimate of drug-likeness (QED) is 0.664. The summed E-state index contributed by atoms with van der Waals surface area (Å²) >= 11 is 0. The lowest BCUT2D eigenvalue weighted by Gasteiger charge is -2.22. The van der Waals surface area contributed by atoms with Gasteiger partial charge in [0, 0.05) is 25.0 Å². The Hall–Kier alpha value is -0.570. The monoisotopic (exact) mass is 170 g/mol. The van der Waals surface area contributed by atoms with Gasteiger partial charge in [-0.2, -0.15) is 0 Å². The summed E-state index contributed by atoms with van der Waals surface area (Å²) in [5, 5.41) is 0. The van der Waals surface area contributed by atoms with Gasteiger partial charge in [-0.1, -0.05) is 6.92 Å². The fraction of sp³-hybridized carbons (Fsp3) is 0.889. The van der Waals surface area contributed by atoms with Gasteiger partial charge in [0.15, 0.2) is 0 Å². The van der Waals surface area contributed by atoms with Crippen molar-refractivity contribution in [2.24, 2.45) is 5.73 Å². The summed E-state index contributed by atoms with van der Waals surface area (Å²) < 4.78 is 0. The van der Waals surface area contributed by atoms with Crippen LogP contribution < -0.4 is 5.73 Å². The maximum atomic E-state index is 11.5. The van der Waals surface area contributed by atoms with Gasteiger partial charge in [-0.3, -0.25) is 4.79 Å². The van der Waals surface area contributed by atoms with Gasteiger partial charge >= 0.3 is 0 Å². The second-order valence-corrected chi connectivity index (χ2v) is 3.53. The van der Waals surface area contributed by atoms with Gasteiger partial charge in [-0.05, 0) is 19.8 Å². The number of hydrogen-bond donors (Lipinski definition) is 1. The maximum absolute atomic E-state index is 11.5. The number of likely N-dealkylation sites (tertiary alicyclic amines) is 1. The van der Waals surface area contributed by atoms with E-state index in [0.29, 0.717) is 6.42 Å². The Bertz CT molecular complexity index is 170. The van der Waals surface area contributed by atoms with Crippen LogP contribution in [0.25, 0.3) is 0 Å². The van der Waals surface area contributed by atoms with Gasteiger partial charge in [0.2, 0.25) is 5.91 Å². The molecule has 1 rings (SSSR count). The Labute approximate surface area is 73.9 Å². The Morgan fingerprint density at radius 1 is 1.67 bits per heavy atom. The summed E-state index contributed by atoms with van der Waals surface area (Å²) in [4.78, 5) is 13.4. The van der Waals surface area contributed by atoms with Crippen molar-refractivity contribution < 1.29 is 4.79 Å². The largest absolute Gasteiger partial charge is 0.338 e. The molecule has 0 aromatic carbocycles. The smallest absolute Gasteiger partial charge is 0.222 e. The summed E-state index contributed by atoms with van der Waals surface area (Å²) in [6, 6.07) is 0.426. The molecule has 0 aliphatic carbocycles. The Morgan fingerprint density at radius 3 is 2.75 bits per heavy atom. The highest BCUT2D eigenvalue weighted by Gasteiger charge is 2.30. The van der Waals surface area contributed by atoms with E-state index in [4.69, 9.17) is 5.73 Å². The maximum Gasteiger partial charge on any atom is 0.222 e. The number of nitrogens with zero attached hydrogens (tertiary/aromatic N) is 1. The molecule has 0 aromatic heterocycles. The zero-order chi connectivity index (χ0) is 9.14. The molecule has 70 valence electrons. The van der Waals surface area contributed by atoms with Gasteiger partial charge in [0.25, 0.3) is 0 Å². The molecule has 1 fully saturated rings. The molecular formula is C9H18N2O. The predicted molar refractivity (Wildman–Crippen MR) is 48.7 cm³/mol. The van der Waals surface area contributed by atoms with Crippen molar-refractivity contribution >= 4 is 5.91 Å². The lowest BCUT2D eigenvalue weighted by atomic mass is 10.1. The molecule has 2 N–H and O–H groups in total. The van der Waals surface area contributed by atoms with Crippen molar-refractivity contribution in [1.82, 2.24) is 4.90 Å². The third-order valence-corrected chi connectivity index (χ3v) is 2.60. The molecule has 2 unspecified atom stereocenters. The first-order chi connectivity index (χ1) is 5.66. The average Bonchev–Trinajstić information content (AvgIpc) is 2.34. The molecule has 0 aromatic rings. The fourth-order valence-corrected chi connectivity index (χ4v) is 1.67. The first-order valence-corrected chi connectivity index (χ1v) is 4.72. The van der Waals surface area contributed by atoms with Crippen LogP contribution in [0.3, 0.4) is 0 Å². The minimum Gasteiger partial charge on any atom is -0.338 e. The Morgan fingerprint density at radius 2 is 2.33 bits per heavy atom. The number of rotatable bonds is 2. The number of carbonyl (C=O) groups excluding carboxylic acids is 1. The molecule has 0 radical (unpaired) electrons. The van der Waals surface area contributed by atoms with Gasteiger partial charge < -0.3 is 10.6 Å². The SMILES string of the molecule is CCCC(=O)N1CCC(N)C1C. The first kappa shape index (κ1) is 9.52. The molecule has 1 saturated heterocycles. The Kier molecular flexibility index (Phi) is 3.09. The van der Waals surface area contributed by atoms with Crippen molar-refractivity contribution in [3.8, 4) is 0 Å². The van der Waals surface area contributed by atoms with E-state index in [-0.39, 0.29) is 18.0 Å². The Balaban J connectivity index is 2.47. The van der Waals surface area contributed by atoms with E-state index in [9.17, 15) is 4.79 Å². The first-order valence-electron chi connectivity index (χ1n) is 4.72. The van der Waals surface area contributed by atoms with Crippen LogP contribution in [0, 0.1) is 0 Å². The van der Waals surface area contributed by atoms with E-state index >= 15 is 0 Å². The number of carbonyl (C=O) groups is 1. The van der Waals surface area contributed by atoms with Crippen LogP contribution in [0.15, 0.2) is 0 Å². The van der Waals surface area contributed by atoms with Crippen molar-refractivity contribution in [2.75, 3.05) is 6.54 Å². The van der Waals surface area contributed by atoms with Crippen molar-refractivity contribution in [2.45, 2.75) is 45.2 Å². The predicted octanol–water partition coefficient (Wildman–Crippen LogP) is 0.735. The van der Waals surface area contributed by atoms with Gasteiger partial charge in [-0.25, -0.2) is 0 Å². The lowest BCUT2D eigenvalue weighted by molar-refractivity contribution is -0.131.